The van der Waals surface area contributed by atoms with Crippen LogP contribution in [0.3, 0.4) is 0 Å². The summed E-state index contributed by atoms with van der Waals surface area (Å²) < 4.78 is 10.4. The minimum atomic E-state index is -0.649. The summed E-state index contributed by atoms with van der Waals surface area (Å²) in [4.78, 5) is 21.0. The Labute approximate surface area is 109 Å². The maximum atomic E-state index is 10.8. The first-order valence-corrected chi connectivity index (χ1v) is 5.69. The lowest BCUT2D eigenvalue weighted by Crippen LogP contribution is -2.03. The van der Waals surface area contributed by atoms with Crippen molar-refractivity contribution in [1.29, 1.82) is 0 Å². The molecule has 0 saturated carbocycles. The van der Waals surface area contributed by atoms with E-state index < -0.39 is 4.92 Å². The van der Waals surface area contributed by atoms with Crippen molar-refractivity contribution in [2.24, 2.45) is 0 Å². The van der Waals surface area contributed by atoms with Crippen LogP contribution in [0.15, 0.2) is 12.1 Å². The zero-order valence-electron chi connectivity index (χ0n) is 10.5. The number of nitro groups is 1. The highest BCUT2D eigenvalue weighted by molar-refractivity contribution is 5.83. The van der Waals surface area contributed by atoms with Crippen LogP contribution in [0.1, 0.15) is 23.2 Å². The van der Waals surface area contributed by atoms with Crippen molar-refractivity contribution in [2.45, 2.75) is 12.8 Å². The monoisotopic (exact) mass is 269 g/mol. The van der Waals surface area contributed by atoms with E-state index in [4.69, 9.17) is 14.6 Å². The van der Waals surface area contributed by atoms with Crippen LogP contribution in [-0.4, -0.2) is 36.6 Å². The smallest absolute Gasteiger partial charge is 0.283 e. The van der Waals surface area contributed by atoms with E-state index in [1.54, 1.807) is 0 Å². The molecule has 7 heteroatoms. The van der Waals surface area contributed by atoms with Gasteiger partial charge in [-0.1, -0.05) is 0 Å². The van der Waals surface area contributed by atoms with Crippen LogP contribution in [0.25, 0.3) is 0 Å². The molecule has 104 valence electrons. The van der Waals surface area contributed by atoms with Crippen LogP contribution in [0, 0.1) is 10.1 Å². The second-order valence-corrected chi connectivity index (χ2v) is 3.72. The number of nitro benzene ring substituents is 1. The van der Waals surface area contributed by atoms with Gasteiger partial charge in [-0.05, 0) is 12.8 Å². The van der Waals surface area contributed by atoms with Crippen molar-refractivity contribution in [3.05, 3.63) is 27.8 Å². The first-order chi connectivity index (χ1) is 9.13. The van der Waals surface area contributed by atoms with Crippen molar-refractivity contribution < 1.29 is 24.3 Å². The number of unbranched alkanes of at least 4 members (excludes halogenated alkanes) is 1. The molecule has 0 amide bonds. The maximum Gasteiger partial charge on any atom is 0.283 e. The summed E-state index contributed by atoms with van der Waals surface area (Å²) >= 11 is 0. The van der Waals surface area contributed by atoms with Crippen LogP contribution in [0.5, 0.6) is 11.5 Å². The quantitative estimate of drug-likeness (QED) is 0.333. The topological polar surface area (TPSA) is 98.9 Å². The van der Waals surface area contributed by atoms with Gasteiger partial charge in [0.15, 0.2) is 17.8 Å². The fraction of sp³-hybridized carbons (Fsp3) is 0.417. The normalized spacial score (nSPS) is 10.0. The number of aliphatic hydroxyl groups excluding tert-OH is 1. The molecule has 0 bridgehead atoms. The van der Waals surface area contributed by atoms with Crippen molar-refractivity contribution >= 4 is 12.0 Å². The Hall–Kier alpha value is -2.15. The molecule has 7 nitrogen and oxygen atoms in total. The second-order valence-electron chi connectivity index (χ2n) is 3.72. The molecule has 19 heavy (non-hydrogen) atoms. The molecule has 0 heterocycles. The highest BCUT2D eigenvalue weighted by Gasteiger charge is 2.19. The summed E-state index contributed by atoms with van der Waals surface area (Å²) in [5, 5.41) is 19.5. The molecule has 0 aromatic heterocycles. The molecule has 0 aliphatic carbocycles. The van der Waals surface area contributed by atoms with E-state index in [9.17, 15) is 14.9 Å². The van der Waals surface area contributed by atoms with Gasteiger partial charge in [-0.25, -0.2) is 0 Å². The molecule has 1 N–H and O–H groups in total. The van der Waals surface area contributed by atoms with E-state index in [0.29, 0.717) is 25.7 Å². The van der Waals surface area contributed by atoms with Crippen LogP contribution in [0.4, 0.5) is 5.69 Å². The van der Waals surface area contributed by atoms with Crippen LogP contribution in [0.2, 0.25) is 0 Å². The fourth-order valence-corrected chi connectivity index (χ4v) is 1.49. The predicted octanol–water partition coefficient (Wildman–Crippen LogP) is 1.57. The van der Waals surface area contributed by atoms with Gasteiger partial charge >= 0.3 is 0 Å². The van der Waals surface area contributed by atoms with Gasteiger partial charge in [-0.2, -0.15) is 0 Å². The number of hydrogen-bond acceptors (Lipinski definition) is 6. The van der Waals surface area contributed by atoms with Gasteiger partial charge in [0.2, 0.25) is 0 Å². The van der Waals surface area contributed by atoms with Gasteiger partial charge in [0.25, 0.3) is 5.69 Å². The molecular formula is C12H15NO6. The van der Waals surface area contributed by atoms with Gasteiger partial charge < -0.3 is 14.6 Å². The number of carbonyl (C=O) groups is 1. The van der Waals surface area contributed by atoms with Crippen LogP contribution in [-0.2, 0) is 0 Å². The fourth-order valence-electron chi connectivity index (χ4n) is 1.49. The number of aliphatic hydroxyl groups is 1. The van der Waals surface area contributed by atoms with Gasteiger partial charge in [0, 0.05) is 12.7 Å². The summed E-state index contributed by atoms with van der Waals surface area (Å²) in [6, 6.07) is 2.44. The number of ether oxygens (including phenoxy) is 2. The molecule has 0 unspecified atom stereocenters. The van der Waals surface area contributed by atoms with E-state index in [2.05, 4.69) is 0 Å². The number of nitrogens with zero attached hydrogens (tertiary/aromatic N) is 1. The molecule has 0 saturated heterocycles. The molecule has 0 aliphatic heterocycles. The number of aldehydes is 1. The summed E-state index contributed by atoms with van der Waals surface area (Å²) in [5.74, 6) is 0.467. The molecule has 0 aliphatic rings. The summed E-state index contributed by atoms with van der Waals surface area (Å²) in [5.41, 5.74) is -0.391. The predicted molar refractivity (Wildman–Crippen MR) is 66.9 cm³/mol. The average molecular weight is 269 g/mol. The van der Waals surface area contributed by atoms with Crippen molar-refractivity contribution in [1.82, 2.24) is 0 Å². The lowest BCUT2D eigenvalue weighted by molar-refractivity contribution is -0.385. The first-order valence-electron chi connectivity index (χ1n) is 5.69. The van der Waals surface area contributed by atoms with Crippen molar-refractivity contribution in [2.75, 3.05) is 20.3 Å². The molecular weight excluding hydrogens is 254 g/mol. The van der Waals surface area contributed by atoms with Gasteiger partial charge in [-0.15, -0.1) is 0 Å². The Morgan fingerprint density at radius 2 is 2.11 bits per heavy atom. The first kappa shape index (κ1) is 14.9. The summed E-state index contributed by atoms with van der Waals surface area (Å²) in [7, 11) is 1.39. The van der Waals surface area contributed by atoms with E-state index in [-0.39, 0.29) is 29.4 Å². The number of benzene rings is 1. The van der Waals surface area contributed by atoms with Gasteiger partial charge in [0.1, 0.15) is 0 Å². The Balaban J connectivity index is 2.97. The third-order valence-corrected chi connectivity index (χ3v) is 2.45. The second kappa shape index (κ2) is 7.32. The number of methoxy groups -OCH3 is 1. The Bertz CT molecular complexity index is 460. The lowest BCUT2D eigenvalue weighted by Gasteiger charge is -2.11. The molecule has 1 rings (SSSR count). The largest absolute Gasteiger partial charge is 0.493 e. The van der Waals surface area contributed by atoms with Crippen LogP contribution < -0.4 is 9.47 Å². The molecule has 0 fully saturated rings. The van der Waals surface area contributed by atoms with Crippen LogP contribution >= 0.6 is 0 Å². The van der Waals surface area contributed by atoms with Gasteiger partial charge in [0.05, 0.1) is 30.3 Å². The van der Waals surface area contributed by atoms with E-state index >= 15 is 0 Å². The maximum absolute atomic E-state index is 10.8. The Morgan fingerprint density at radius 3 is 2.63 bits per heavy atom. The summed E-state index contributed by atoms with van der Waals surface area (Å²) in [6.45, 7) is 0.360. The van der Waals surface area contributed by atoms with Crippen molar-refractivity contribution in [3.8, 4) is 11.5 Å². The van der Waals surface area contributed by atoms with E-state index in [1.165, 1.54) is 19.2 Å². The molecule has 1 aromatic rings. The molecule has 0 atom stereocenters. The number of hydrogen-bond donors (Lipinski definition) is 1. The lowest BCUT2D eigenvalue weighted by atomic mass is 10.1. The zero-order chi connectivity index (χ0) is 14.3. The third-order valence-electron chi connectivity index (χ3n) is 2.45. The average Bonchev–Trinajstić information content (AvgIpc) is 2.42. The van der Waals surface area contributed by atoms with E-state index in [0.717, 1.165) is 0 Å². The minimum Gasteiger partial charge on any atom is -0.493 e. The Kier molecular flexibility index (Phi) is 5.74. The third kappa shape index (κ3) is 3.92. The van der Waals surface area contributed by atoms with Crippen molar-refractivity contribution in [3.63, 3.8) is 0 Å². The minimum absolute atomic E-state index is 0.0602. The molecule has 0 radical (unpaired) electrons. The highest BCUT2D eigenvalue weighted by Crippen LogP contribution is 2.34. The van der Waals surface area contributed by atoms with E-state index in [1.807, 2.05) is 0 Å². The standard InChI is InChI=1S/C12H15NO6/c1-18-11-6-9(8-15)10(13(16)17)7-12(11)19-5-3-2-4-14/h6-8,14H,2-5H2,1H3. The molecule has 0 spiro atoms. The summed E-state index contributed by atoms with van der Waals surface area (Å²) in [6.07, 6.45) is 1.59. The zero-order valence-corrected chi connectivity index (χ0v) is 10.5. The highest BCUT2D eigenvalue weighted by atomic mass is 16.6. The number of rotatable bonds is 8. The van der Waals surface area contributed by atoms with Gasteiger partial charge in [-0.3, -0.25) is 14.9 Å². The number of carbonyl (C=O) groups excluding carboxylic acids is 1. The molecule has 1 aromatic carbocycles. The Morgan fingerprint density at radius 1 is 1.37 bits per heavy atom. The SMILES string of the molecule is COc1cc(C=O)c([N+](=O)[O-])cc1OCCCCO.